The van der Waals surface area contributed by atoms with Gasteiger partial charge < -0.3 is 14.2 Å². The Morgan fingerprint density at radius 3 is 2.61 bits per heavy atom. The van der Waals surface area contributed by atoms with E-state index in [0.29, 0.717) is 24.7 Å². The van der Waals surface area contributed by atoms with E-state index in [1.54, 1.807) is 26.0 Å². The molecule has 0 aromatic heterocycles. The van der Waals surface area contributed by atoms with Crippen LogP contribution in [-0.4, -0.2) is 19.2 Å². The van der Waals surface area contributed by atoms with Crippen LogP contribution >= 0.6 is 0 Å². The number of carbonyl (C=O) groups excluding carboxylic acids is 1. The van der Waals surface area contributed by atoms with Crippen LogP contribution in [0.1, 0.15) is 20.8 Å². The quantitative estimate of drug-likeness (QED) is 0.442. The third-order valence-electron chi connectivity index (χ3n) is 2.00. The molecular weight excluding hydrogens is 232 g/mol. The van der Waals surface area contributed by atoms with Crippen molar-refractivity contribution in [3.05, 3.63) is 36.1 Å². The maximum Gasteiger partial charge on any atom is 0.334 e. The number of allylic oxidation sites excluding steroid dienone is 1. The maximum atomic E-state index is 11.2. The highest BCUT2D eigenvalue weighted by Crippen LogP contribution is 2.21. The largest absolute Gasteiger partial charge is 0.494 e. The molecule has 18 heavy (non-hydrogen) atoms. The zero-order valence-corrected chi connectivity index (χ0v) is 10.9. The second-order valence-electron chi connectivity index (χ2n) is 3.52. The first-order valence-corrected chi connectivity index (χ1v) is 5.91. The van der Waals surface area contributed by atoms with Crippen molar-refractivity contribution in [3.63, 3.8) is 0 Å². The van der Waals surface area contributed by atoms with E-state index >= 15 is 0 Å². The predicted octanol–water partition coefficient (Wildman–Crippen LogP) is 2.93. The Morgan fingerprint density at radius 1 is 1.22 bits per heavy atom. The van der Waals surface area contributed by atoms with Crippen LogP contribution in [0.4, 0.5) is 0 Å². The zero-order chi connectivity index (χ0) is 13.4. The number of rotatable bonds is 6. The Bertz CT molecular complexity index is 424. The van der Waals surface area contributed by atoms with E-state index in [2.05, 4.69) is 0 Å². The summed E-state index contributed by atoms with van der Waals surface area (Å²) in [5.41, 5.74) is 0. The fourth-order valence-electron chi connectivity index (χ4n) is 1.36. The van der Waals surface area contributed by atoms with E-state index in [-0.39, 0.29) is 0 Å². The smallest absolute Gasteiger partial charge is 0.334 e. The molecule has 0 fully saturated rings. The molecule has 0 amide bonds. The first-order valence-electron chi connectivity index (χ1n) is 5.91. The Labute approximate surface area is 107 Å². The molecule has 0 unspecified atom stereocenters. The average Bonchev–Trinajstić information content (AvgIpc) is 2.29. The van der Waals surface area contributed by atoms with Crippen LogP contribution in [0.15, 0.2) is 36.1 Å². The van der Waals surface area contributed by atoms with Gasteiger partial charge in [-0.2, -0.15) is 0 Å². The monoisotopic (exact) mass is 250 g/mol. The van der Waals surface area contributed by atoms with Crippen LogP contribution in [0.3, 0.4) is 0 Å². The molecule has 0 aliphatic rings. The van der Waals surface area contributed by atoms with Crippen LogP contribution < -0.4 is 9.47 Å². The summed E-state index contributed by atoms with van der Waals surface area (Å²) in [5, 5.41) is 0. The van der Waals surface area contributed by atoms with Gasteiger partial charge >= 0.3 is 5.97 Å². The van der Waals surface area contributed by atoms with Gasteiger partial charge in [-0.25, -0.2) is 4.79 Å². The van der Waals surface area contributed by atoms with Crippen molar-refractivity contribution in [2.45, 2.75) is 20.8 Å². The summed E-state index contributed by atoms with van der Waals surface area (Å²) < 4.78 is 15.6. The molecule has 0 aliphatic heterocycles. The van der Waals surface area contributed by atoms with Crippen LogP contribution in [-0.2, 0) is 9.53 Å². The molecule has 4 nitrogen and oxygen atoms in total. The number of hydrogen-bond acceptors (Lipinski definition) is 4. The molecule has 0 radical (unpaired) electrons. The molecule has 4 heteroatoms. The van der Waals surface area contributed by atoms with Gasteiger partial charge in [0.2, 0.25) is 0 Å². The lowest BCUT2D eigenvalue weighted by Gasteiger charge is -2.08. The molecule has 0 spiro atoms. The van der Waals surface area contributed by atoms with Crippen LogP contribution in [0.2, 0.25) is 0 Å². The van der Waals surface area contributed by atoms with Crippen molar-refractivity contribution in [3.8, 4) is 11.5 Å². The molecule has 0 bridgehead atoms. The van der Waals surface area contributed by atoms with Gasteiger partial charge in [-0.05, 0) is 32.9 Å². The van der Waals surface area contributed by atoms with Crippen molar-refractivity contribution >= 4 is 5.97 Å². The molecule has 0 atom stereocenters. The standard InChI is InChI=1S/C14H18O4/c1-4-16-12-7-6-8-13(10-12)18-11(3)9-14(15)17-5-2/h6-10H,4-5H2,1-3H3. The minimum Gasteiger partial charge on any atom is -0.494 e. The first-order chi connectivity index (χ1) is 8.65. The average molecular weight is 250 g/mol. The molecule has 0 N–H and O–H groups in total. The Hall–Kier alpha value is -1.97. The van der Waals surface area contributed by atoms with Gasteiger partial charge in [-0.15, -0.1) is 0 Å². The van der Waals surface area contributed by atoms with E-state index in [1.165, 1.54) is 6.08 Å². The van der Waals surface area contributed by atoms with Gasteiger partial charge in [0.05, 0.1) is 19.3 Å². The van der Waals surface area contributed by atoms with E-state index in [1.807, 2.05) is 19.1 Å². The Morgan fingerprint density at radius 2 is 1.94 bits per heavy atom. The second kappa shape index (κ2) is 7.37. The molecule has 98 valence electrons. The normalized spacial score (nSPS) is 10.9. The first kappa shape index (κ1) is 14.1. The highest BCUT2D eigenvalue weighted by molar-refractivity contribution is 5.82. The molecule has 1 rings (SSSR count). The van der Waals surface area contributed by atoms with Crippen molar-refractivity contribution < 1.29 is 19.0 Å². The van der Waals surface area contributed by atoms with Gasteiger partial charge in [0.1, 0.15) is 17.3 Å². The zero-order valence-electron chi connectivity index (χ0n) is 10.9. The number of hydrogen-bond donors (Lipinski definition) is 0. The lowest BCUT2D eigenvalue weighted by molar-refractivity contribution is -0.137. The second-order valence-corrected chi connectivity index (χ2v) is 3.52. The Balaban J connectivity index is 2.66. The summed E-state index contributed by atoms with van der Waals surface area (Å²) >= 11 is 0. The van der Waals surface area contributed by atoms with E-state index in [9.17, 15) is 4.79 Å². The Kier molecular flexibility index (Phi) is 5.77. The summed E-state index contributed by atoms with van der Waals surface area (Å²) in [6, 6.07) is 7.25. The van der Waals surface area contributed by atoms with E-state index in [0.717, 1.165) is 5.75 Å². The van der Waals surface area contributed by atoms with Gasteiger partial charge in [0.15, 0.2) is 0 Å². The summed E-state index contributed by atoms with van der Waals surface area (Å²) in [4.78, 5) is 11.2. The number of benzene rings is 1. The summed E-state index contributed by atoms with van der Waals surface area (Å²) in [7, 11) is 0. The maximum absolute atomic E-state index is 11.2. The number of esters is 1. The van der Waals surface area contributed by atoms with Crippen molar-refractivity contribution in [1.82, 2.24) is 0 Å². The van der Waals surface area contributed by atoms with Crippen LogP contribution in [0.5, 0.6) is 11.5 Å². The SMILES string of the molecule is CCOC(=O)C=C(C)Oc1cccc(OCC)c1. The van der Waals surface area contributed by atoms with Crippen LogP contribution in [0, 0.1) is 0 Å². The van der Waals surface area contributed by atoms with Crippen molar-refractivity contribution in [1.29, 1.82) is 0 Å². The predicted molar refractivity (Wildman–Crippen MR) is 68.6 cm³/mol. The minimum absolute atomic E-state index is 0.350. The third kappa shape index (κ3) is 4.91. The van der Waals surface area contributed by atoms with Gasteiger partial charge in [-0.3, -0.25) is 0 Å². The molecule has 0 saturated carbocycles. The van der Waals surface area contributed by atoms with Gasteiger partial charge in [-0.1, -0.05) is 6.07 Å². The van der Waals surface area contributed by atoms with Crippen LogP contribution in [0.25, 0.3) is 0 Å². The highest BCUT2D eigenvalue weighted by Gasteiger charge is 2.02. The summed E-state index contributed by atoms with van der Waals surface area (Å²) in [6.45, 7) is 6.32. The molecule has 0 aliphatic carbocycles. The van der Waals surface area contributed by atoms with Gasteiger partial charge in [0, 0.05) is 6.07 Å². The topological polar surface area (TPSA) is 44.8 Å². The van der Waals surface area contributed by atoms with Gasteiger partial charge in [0.25, 0.3) is 0 Å². The fourth-order valence-corrected chi connectivity index (χ4v) is 1.36. The highest BCUT2D eigenvalue weighted by atomic mass is 16.5. The summed E-state index contributed by atoms with van der Waals surface area (Å²) in [5.74, 6) is 1.43. The fraction of sp³-hybridized carbons (Fsp3) is 0.357. The third-order valence-corrected chi connectivity index (χ3v) is 2.00. The lowest BCUT2D eigenvalue weighted by atomic mass is 10.3. The minimum atomic E-state index is -0.407. The molecular formula is C14H18O4. The number of carbonyl (C=O) groups is 1. The molecule has 1 aromatic carbocycles. The molecule has 0 saturated heterocycles. The lowest BCUT2D eigenvalue weighted by Crippen LogP contribution is -2.02. The molecule has 0 heterocycles. The molecule has 1 aromatic rings. The van der Waals surface area contributed by atoms with Crippen molar-refractivity contribution in [2.75, 3.05) is 13.2 Å². The van der Waals surface area contributed by atoms with E-state index in [4.69, 9.17) is 14.2 Å². The van der Waals surface area contributed by atoms with E-state index < -0.39 is 5.97 Å². The number of ether oxygens (including phenoxy) is 3. The summed E-state index contributed by atoms with van der Waals surface area (Å²) in [6.07, 6.45) is 1.32. The van der Waals surface area contributed by atoms with Crippen molar-refractivity contribution in [2.24, 2.45) is 0 Å².